The lowest BCUT2D eigenvalue weighted by Gasteiger charge is -2.31. The number of benzene rings is 1. The summed E-state index contributed by atoms with van der Waals surface area (Å²) in [6.07, 6.45) is 3.11. The van der Waals surface area contributed by atoms with E-state index in [9.17, 15) is 0 Å². The lowest BCUT2D eigenvalue weighted by molar-refractivity contribution is 0.351. The number of halogens is 2. The molecule has 0 aliphatic carbocycles. The molecule has 1 aliphatic rings. The molecule has 1 atom stereocenters. The maximum atomic E-state index is 6.24. The fraction of sp³-hybridized carbons (Fsp3) is 0.500. The van der Waals surface area contributed by atoms with Crippen molar-refractivity contribution in [3.63, 3.8) is 0 Å². The Morgan fingerprint density at radius 2 is 2.09 bits per heavy atom. The first-order valence-corrected chi connectivity index (χ1v) is 13.6. The Morgan fingerprint density at radius 1 is 1.33 bits per heavy atom. The van der Waals surface area contributed by atoms with E-state index in [0.29, 0.717) is 39.9 Å². The van der Waals surface area contributed by atoms with E-state index in [4.69, 9.17) is 38.7 Å². The van der Waals surface area contributed by atoms with Gasteiger partial charge >= 0.3 is 0 Å². The van der Waals surface area contributed by atoms with E-state index < -0.39 is 0 Å². The quantitative estimate of drug-likeness (QED) is 0.323. The summed E-state index contributed by atoms with van der Waals surface area (Å²) in [7, 11) is 1.76. The Labute approximate surface area is 215 Å². The van der Waals surface area contributed by atoms with Gasteiger partial charge in [0.25, 0.3) is 0 Å². The number of amidine groups is 2. The molecule has 0 radical (unpaired) electrons. The van der Waals surface area contributed by atoms with Gasteiger partial charge in [0.1, 0.15) is 29.1 Å². The summed E-state index contributed by atoms with van der Waals surface area (Å²) in [5.74, 6) is 2.81. The number of aliphatic imine (C=N–C) groups is 3. The van der Waals surface area contributed by atoms with Gasteiger partial charge in [-0.2, -0.15) is 0 Å². The van der Waals surface area contributed by atoms with Crippen LogP contribution in [0.1, 0.15) is 27.2 Å². The topological polar surface area (TPSA) is 96.4 Å². The Bertz CT molecular complexity index is 933. The molecule has 0 bridgehead atoms. The molecule has 33 heavy (non-hydrogen) atoms. The third-order valence-corrected chi connectivity index (χ3v) is 6.94. The van der Waals surface area contributed by atoms with Crippen molar-refractivity contribution in [1.29, 1.82) is 0 Å². The second-order valence-electron chi connectivity index (χ2n) is 7.52. The van der Waals surface area contributed by atoms with Crippen LogP contribution in [0.5, 0.6) is 5.75 Å². The maximum absolute atomic E-state index is 6.24. The van der Waals surface area contributed by atoms with Crippen LogP contribution in [0, 0.1) is 5.92 Å². The summed E-state index contributed by atoms with van der Waals surface area (Å²) in [6, 6.07) is 5.04. The third-order valence-electron chi connectivity index (χ3n) is 4.54. The fourth-order valence-electron chi connectivity index (χ4n) is 2.84. The van der Waals surface area contributed by atoms with Crippen LogP contribution in [0.3, 0.4) is 0 Å². The van der Waals surface area contributed by atoms with Crippen LogP contribution in [-0.2, 0) is 0 Å². The molecule has 0 spiro atoms. The van der Waals surface area contributed by atoms with E-state index >= 15 is 0 Å². The van der Waals surface area contributed by atoms with E-state index in [2.05, 4.69) is 41.4 Å². The summed E-state index contributed by atoms with van der Waals surface area (Å²) in [4.78, 5) is 13.8. The predicted octanol–water partition coefficient (Wildman–Crippen LogP) is 5.01. The number of nitrogens with two attached hydrogens (primary N) is 1. The van der Waals surface area contributed by atoms with Gasteiger partial charge in [0.2, 0.25) is 0 Å². The number of rotatable bonds is 8. The zero-order valence-corrected chi connectivity index (χ0v) is 22.8. The van der Waals surface area contributed by atoms with Gasteiger partial charge in [-0.3, -0.25) is 10.3 Å². The van der Waals surface area contributed by atoms with Crippen molar-refractivity contribution in [2.75, 3.05) is 32.2 Å². The van der Waals surface area contributed by atoms with Gasteiger partial charge in [-0.15, -0.1) is 11.8 Å². The summed E-state index contributed by atoms with van der Waals surface area (Å²) < 4.78 is 5.75. The second-order valence-corrected chi connectivity index (χ2v) is 10.2. The van der Waals surface area contributed by atoms with E-state index in [1.165, 1.54) is 0 Å². The smallest absolute Gasteiger partial charge is 0.183 e. The van der Waals surface area contributed by atoms with Crippen molar-refractivity contribution in [2.45, 2.75) is 33.4 Å². The molecule has 0 saturated carbocycles. The van der Waals surface area contributed by atoms with Crippen molar-refractivity contribution < 1.29 is 4.74 Å². The van der Waals surface area contributed by atoms with Gasteiger partial charge in [0, 0.05) is 29.9 Å². The zero-order chi connectivity index (χ0) is 24.4. The Kier molecular flexibility index (Phi) is 11.9. The van der Waals surface area contributed by atoms with E-state index in [1.54, 1.807) is 48.8 Å². The monoisotopic (exact) mass is 530 g/mol. The maximum Gasteiger partial charge on any atom is 0.183 e. The molecular weight excluding hydrogens is 499 g/mol. The number of ether oxygens (including phenoxy) is 1. The molecule has 4 N–H and O–H groups in total. The molecule has 7 nitrogen and oxygen atoms in total. The normalized spacial score (nSPS) is 18.1. The molecular formula is C22H32Cl2N6OS2. The predicted molar refractivity (Wildman–Crippen MR) is 147 cm³/mol. The first-order chi connectivity index (χ1) is 15.8. The van der Waals surface area contributed by atoms with Crippen LogP contribution in [0.15, 0.2) is 44.6 Å². The lowest BCUT2D eigenvalue weighted by atomic mass is 10.1. The number of thioether (sulfide) groups is 2. The van der Waals surface area contributed by atoms with E-state index in [-0.39, 0.29) is 12.8 Å². The molecule has 11 heteroatoms. The van der Waals surface area contributed by atoms with Crippen molar-refractivity contribution in [2.24, 2.45) is 26.6 Å². The fourth-order valence-corrected chi connectivity index (χ4v) is 4.63. The third kappa shape index (κ3) is 8.72. The Morgan fingerprint density at radius 3 is 2.70 bits per heavy atom. The SMILES string of the molecule is CCCSC(=NC)N=C(SC)C1=C(N=C(N)COc2ccc(Cl)cc2Cl)NC(C(C)C)NC1. The molecule has 0 amide bonds. The summed E-state index contributed by atoms with van der Waals surface area (Å²) in [6.45, 7) is 7.11. The summed E-state index contributed by atoms with van der Waals surface area (Å²) >= 11 is 15.3. The van der Waals surface area contributed by atoms with Gasteiger partial charge in [-0.1, -0.05) is 55.7 Å². The van der Waals surface area contributed by atoms with E-state index in [1.807, 2.05) is 6.26 Å². The molecule has 0 fully saturated rings. The van der Waals surface area contributed by atoms with Crippen LogP contribution in [0.4, 0.5) is 0 Å². The number of hydrogen-bond donors (Lipinski definition) is 3. The summed E-state index contributed by atoms with van der Waals surface area (Å²) in [5, 5.41) is 9.52. The highest BCUT2D eigenvalue weighted by molar-refractivity contribution is 8.15. The molecule has 1 aliphatic heterocycles. The first kappa shape index (κ1) is 27.9. The molecule has 1 heterocycles. The van der Waals surface area contributed by atoms with Crippen molar-refractivity contribution in [3.8, 4) is 5.75 Å². The minimum absolute atomic E-state index is 0.0591. The molecule has 1 aromatic rings. The largest absolute Gasteiger partial charge is 0.484 e. The minimum Gasteiger partial charge on any atom is -0.484 e. The van der Waals surface area contributed by atoms with Crippen LogP contribution in [0.2, 0.25) is 10.0 Å². The average molecular weight is 532 g/mol. The lowest BCUT2D eigenvalue weighted by Crippen LogP contribution is -2.51. The van der Waals surface area contributed by atoms with Gasteiger partial charge < -0.3 is 15.8 Å². The van der Waals surface area contributed by atoms with Crippen molar-refractivity contribution in [3.05, 3.63) is 39.6 Å². The van der Waals surface area contributed by atoms with Crippen LogP contribution in [-0.4, -0.2) is 54.4 Å². The molecule has 1 aromatic carbocycles. The molecule has 0 aromatic heterocycles. The highest BCUT2D eigenvalue weighted by Gasteiger charge is 2.25. The second kappa shape index (κ2) is 14.1. The first-order valence-electron chi connectivity index (χ1n) is 10.7. The van der Waals surface area contributed by atoms with Crippen molar-refractivity contribution >= 4 is 62.8 Å². The Hall–Kier alpha value is -1.39. The molecule has 1 unspecified atom stereocenters. The molecule has 0 saturated heterocycles. The minimum atomic E-state index is 0.0591. The van der Waals surface area contributed by atoms with Crippen LogP contribution in [0.25, 0.3) is 0 Å². The van der Waals surface area contributed by atoms with Gasteiger partial charge in [-0.05, 0) is 36.8 Å². The van der Waals surface area contributed by atoms with Gasteiger partial charge in [-0.25, -0.2) is 9.98 Å². The average Bonchev–Trinajstić information content (AvgIpc) is 2.79. The summed E-state index contributed by atoms with van der Waals surface area (Å²) in [5.41, 5.74) is 7.17. The molecule has 2 rings (SSSR count). The van der Waals surface area contributed by atoms with Gasteiger partial charge in [0.05, 0.1) is 11.2 Å². The standard InChI is InChI=1S/C22H32Cl2N6OS2/c1-6-9-33-22(26-4)30-21(32-5)15-11-27-19(13(2)3)29-20(15)28-18(25)12-31-17-8-7-14(23)10-16(17)24/h7-8,10,13,19,27,29H,6,9,11-12H2,1-5H3,(H2,25,28). The Balaban J connectivity index is 2.33. The van der Waals surface area contributed by atoms with Crippen LogP contribution >= 0.6 is 46.7 Å². The highest BCUT2D eigenvalue weighted by atomic mass is 35.5. The van der Waals surface area contributed by atoms with Crippen LogP contribution < -0.4 is 21.1 Å². The van der Waals surface area contributed by atoms with Gasteiger partial charge in [0.15, 0.2) is 5.17 Å². The number of nitrogens with zero attached hydrogens (tertiary/aromatic N) is 3. The van der Waals surface area contributed by atoms with E-state index in [0.717, 1.165) is 28.0 Å². The zero-order valence-electron chi connectivity index (χ0n) is 19.6. The number of nitrogens with one attached hydrogen (secondary N) is 2. The van der Waals surface area contributed by atoms with Crippen molar-refractivity contribution in [1.82, 2.24) is 10.6 Å². The molecule has 182 valence electrons. The highest BCUT2D eigenvalue weighted by Crippen LogP contribution is 2.27. The number of hydrogen-bond acceptors (Lipinski definition) is 7.